The van der Waals surface area contributed by atoms with E-state index in [-0.39, 0.29) is 6.04 Å². The van der Waals surface area contributed by atoms with E-state index in [1.54, 1.807) is 13.2 Å². The van der Waals surface area contributed by atoms with Crippen LogP contribution in [0.15, 0.2) is 36.4 Å². The van der Waals surface area contributed by atoms with Gasteiger partial charge in [-0.1, -0.05) is 30.3 Å². The molecule has 21 heavy (non-hydrogen) atoms. The molecule has 0 bridgehead atoms. The molecule has 6 nitrogen and oxygen atoms in total. The summed E-state index contributed by atoms with van der Waals surface area (Å²) in [4.78, 5) is 8.63. The van der Waals surface area contributed by atoms with Crippen LogP contribution >= 0.6 is 0 Å². The van der Waals surface area contributed by atoms with Crippen LogP contribution in [0.1, 0.15) is 18.3 Å². The molecule has 0 amide bonds. The van der Waals surface area contributed by atoms with Crippen LogP contribution in [0.5, 0.6) is 0 Å². The van der Waals surface area contributed by atoms with E-state index in [4.69, 9.17) is 10.6 Å². The fourth-order valence-electron chi connectivity index (χ4n) is 2.11. The molecule has 6 heteroatoms. The van der Waals surface area contributed by atoms with Crippen molar-refractivity contribution in [2.24, 2.45) is 5.84 Å². The van der Waals surface area contributed by atoms with Crippen molar-refractivity contribution in [3.63, 3.8) is 0 Å². The fraction of sp³-hybridized carbons (Fsp3) is 0.333. The van der Waals surface area contributed by atoms with Gasteiger partial charge in [0.2, 0.25) is 0 Å². The topological polar surface area (TPSA) is 85.1 Å². The molecular formula is C15H21N5O. The molecule has 1 aromatic carbocycles. The lowest BCUT2D eigenvalue weighted by molar-refractivity contribution is 0.178. The molecule has 0 aliphatic carbocycles. The summed E-state index contributed by atoms with van der Waals surface area (Å²) < 4.78 is 5.06. The summed E-state index contributed by atoms with van der Waals surface area (Å²) in [5, 5.41) is 3.36. The molecule has 1 atom stereocenters. The number of hydrazine groups is 1. The minimum Gasteiger partial charge on any atom is -0.377 e. The Morgan fingerprint density at radius 1 is 1.19 bits per heavy atom. The molecule has 1 heterocycles. The summed E-state index contributed by atoms with van der Waals surface area (Å²) in [5.41, 5.74) is 3.82. The average Bonchev–Trinajstić information content (AvgIpc) is 2.48. The molecule has 2 rings (SSSR count). The van der Waals surface area contributed by atoms with Gasteiger partial charge in [0.1, 0.15) is 18.2 Å². The molecule has 112 valence electrons. The van der Waals surface area contributed by atoms with Crippen LogP contribution in [0.3, 0.4) is 0 Å². The van der Waals surface area contributed by atoms with Crippen LogP contribution in [-0.2, 0) is 17.8 Å². The van der Waals surface area contributed by atoms with Gasteiger partial charge in [0.25, 0.3) is 0 Å². The van der Waals surface area contributed by atoms with Crippen molar-refractivity contribution in [2.75, 3.05) is 17.9 Å². The second kappa shape index (κ2) is 7.56. The van der Waals surface area contributed by atoms with Crippen LogP contribution in [0.2, 0.25) is 0 Å². The van der Waals surface area contributed by atoms with E-state index in [1.165, 1.54) is 5.56 Å². The molecule has 0 aliphatic rings. The monoisotopic (exact) mass is 287 g/mol. The van der Waals surface area contributed by atoms with Crippen molar-refractivity contribution in [3.8, 4) is 0 Å². The Labute approximate surface area is 124 Å². The highest BCUT2D eigenvalue weighted by atomic mass is 16.5. The van der Waals surface area contributed by atoms with Gasteiger partial charge in [-0.2, -0.15) is 0 Å². The molecule has 0 radical (unpaired) electrons. The standard InChI is InChI=1S/C15H21N5O/c1-11(8-12-6-4-3-5-7-12)17-13-9-14(20-16)19-15(18-13)10-21-2/h3-7,9,11H,8,10,16H2,1-2H3,(H2,17,18,19,20). The third kappa shape index (κ3) is 4.70. The van der Waals surface area contributed by atoms with E-state index >= 15 is 0 Å². The lowest BCUT2D eigenvalue weighted by atomic mass is 10.1. The number of nitrogens with one attached hydrogen (secondary N) is 2. The predicted molar refractivity (Wildman–Crippen MR) is 83.8 cm³/mol. The largest absolute Gasteiger partial charge is 0.377 e. The van der Waals surface area contributed by atoms with E-state index in [9.17, 15) is 0 Å². The number of nitrogen functional groups attached to an aromatic ring is 1. The van der Waals surface area contributed by atoms with Gasteiger partial charge in [-0.25, -0.2) is 15.8 Å². The maximum absolute atomic E-state index is 5.43. The third-order valence-electron chi connectivity index (χ3n) is 2.97. The molecule has 1 unspecified atom stereocenters. The summed E-state index contributed by atoms with van der Waals surface area (Å²) in [6, 6.07) is 12.3. The summed E-state index contributed by atoms with van der Waals surface area (Å²) >= 11 is 0. The summed E-state index contributed by atoms with van der Waals surface area (Å²) in [6.07, 6.45) is 0.913. The Balaban J connectivity index is 2.05. The van der Waals surface area contributed by atoms with E-state index in [0.717, 1.165) is 12.2 Å². The first-order valence-corrected chi connectivity index (χ1v) is 6.85. The molecule has 0 saturated heterocycles. The zero-order valence-corrected chi connectivity index (χ0v) is 12.3. The summed E-state index contributed by atoms with van der Waals surface area (Å²) in [5.74, 6) is 7.31. The highest BCUT2D eigenvalue weighted by Gasteiger charge is 2.08. The summed E-state index contributed by atoms with van der Waals surface area (Å²) in [7, 11) is 1.61. The van der Waals surface area contributed by atoms with Crippen molar-refractivity contribution in [3.05, 3.63) is 47.8 Å². The first-order valence-electron chi connectivity index (χ1n) is 6.85. The first kappa shape index (κ1) is 15.2. The first-order chi connectivity index (χ1) is 10.2. The van der Waals surface area contributed by atoms with Gasteiger partial charge in [0.05, 0.1) is 0 Å². The Kier molecular flexibility index (Phi) is 5.48. The minimum absolute atomic E-state index is 0.239. The van der Waals surface area contributed by atoms with Gasteiger partial charge >= 0.3 is 0 Å². The second-order valence-corrected chi connectivity index (χ2v) is 4.87. The lowest BCUT2D eigenvalue weighted by Gasteiger charge is -2.16. The molecule has 0 aliphatic heterocycles. The number of rotatable bonds is 7. The predicted octanol–water partition coefficient (Wildman–Crippen LogP) is 1.95. The molecule has 0 spiro atoms. The van der Waals surface area contributed by atoms with E-state index < -0.39 is 0 Å². The fourth-order valence-corrected chi connectivity index (χ4v) is 2.11. The van der Waals surface area contributed by atoms with Crippen LogP contribution in [-0.4, -0.2) is 23.1 Å². The van der Waals surface area contributed by atoms with Gasteiger partial charge in [0, 0.05) is 19.2 Å². The molecular weight excluding hydrogens is 266 g/mol. The van der Waals surface area contributed by atoms with Crippen LogP contribution in [0.25, 0.3) is 0 Å². The smallest absolute Gasteiger partial charge is 0.158 e. The molecule has 4 N–H and O–H groups in total. The Bertz CT molecular complexity index is 561. The average molecular weight is 287 g/mol. The van der Waals surface area contributed by atoms with Crippen molar-refractivity contribution in [1.29, 1.82) is 0 Å². The van der Waals surface area contributed by atoms with Crippen molar-refractivity contribution in [2.45, 2.75) is 26.0 Å². The maximum Gasteiger partial charge on any atom is 0.158 e. The van der Waals surface area contributed by atoms with Crippen molar-refractivity contribution < 1.29 is 4.74 Å². The molecule has 2 aromatic rings. The Hall–Kier alpha value is -2.18. The Morgan fingerprint density at radius 2 is 1.90 bits per heavy atom. The molecule has 0 saturated carbocycles. The quantitative estimate of drug-likeness (QED) is 0.533. The van der Waals surface area contributed by atoms with Crippen LogP contribution in [0, 0.1) is 0 Å². The van der Waals surface area contributed by atoms with Gasteiger partial charge in [-0.05, 0) is 18.9 Å². The second-order valence-electron chi connectivity index (χ2n) is 4.87. The normalized spacial score (nSPS) is 12.0. The zero-order chi connectivity index (χ0) is 15.1. The van der Waals surface area contributed by atoms with Gasteiger partial charge < -0.3 is 15.5 Å². The van der Waals surface area contributed by atoms with Crippen molar-refractivity contribution >= 4 is 11.6 Å². The molecule has 0 fully saturated rings. The number of anilines is 2. The highest BCUT2D eigenvalue weighted by Crippen LogP contribution is 2.13. The highest BCUT2D eigenvalue weighted by molar-refractivity contribution is 5.47. The zero-order valence-electron chi connectivity index (χ0n) is 12.3. The van der Waals surface area contributed by atoms with Crippen LogP contribution in [0.4, 0.5) is 11.6 Å². The number of methoxy groups -OCH3 is 1. The van der Waals surface area contributed by atoms with E-state index in [0.29, 0.717) is 18.2 Å². The van der Waals surface area contributed by atoms with Crippen molar-refractivity contribution in [1.82, 2.24) is 9.97 Å². The number of hydrogen-bond acceptors (Lipinski definition) is 6. The number of nitrogens with zero attached hydrogens (tertiary/aromatic N) is 2. The van der Waals surface area contributed by atoms with Gasteiger partial charge in [0.15, 0.2) is 5.82 Å². The number of nitrogens with two attached hydrogens (primary N) is 1. The number of hydrogen-bond donors (Lipinski definition) is 3. The van der Waals surface area contributed by atoms with Crippen LogP contribution < -0.4 is 16.6 Å². The van der Waals surface area contributed by atoms with E-state index in [1.807, 2.05) is 18.2 Å². The Morgan fingerprint density at radius 3 is 2.57 bits per heavy atom. The maximum atomic E-state index is 5.43. The number of ether oxygens (including phenoxy) is 1. The SMILES string of the molecule is COCc1nc(NN)cc(NC(C)Cc2ccccc2)n1. The minimum atomic E-state index is 0.239. The van der Waals surface area contributed by atoms with Gasteiger partial charge in [-0.15, -0.1) is 0 Å². The lowest BCUT2D eigenvalue weighted by Crippen LogP contribution is -2.20. The summed E-state index contributed by atoms with van der Waals surface area (Å²) in [6.45, 7) is 2.46. The van der Waals surface area contributed by atoms with E-state index in [2.05, 4.69) is 39.8 Å². The third-order valence-corrected chi connectivity index (χ3v) is 2.97. The number of aromatic nitrogens is 2. The molecule has 1 aromatic heterocycles. The number of benzene rings is 1. The van der Waals surface area contributed by atoms with Gasteiger partial charge in [-0.3, -0.25) is 0 Å².